The largest absolute Gasteiger partial charge is 0.494 e. The van der Waals surface area contributed by atoms with Crippen LogP contribution < -0.4 is 15.8 Å². The molecule has 0 aliphatic heterocycles. The highest BCUT2D eigenvalue weighted by Crippen LogP contribution is 2.37. The molecule has 1 aliphatic rings. The summed E-state index contributed by atoms with van der Waals surface area (Å²) in [5.41, 5.74) is 6.32. The molecule has 0 bridgehead atoms. The number of rotatable bonds is 7. The third-order valence-corrected chi connectivity index (χ3v) is 6.53. The molecule has 3 heterocycles. The maximum atomic E-state index is 13.3. The normalized spacial score (nSPS) is 18.2. The number of fused-ring (bicyclic) bond motifs is 1. The second-order valence-corrected chi connectivity index (χ2v) is 9.34. The van der Waals surface area contributed by atoms with Gasteiger partial charge in [-0.25, -0.2) is 9.97 Å². The molecule has 4 aromatic rings. The summed E-state index contributed by atoms with van der Waals surface area (Å²) >= 11 is 0. The number of nitrogens with zero attached hydrogens (tertiary/aromatic N) is 4. The molecule has 1 atom stereocenters. The Morgan fingerprint density at radius 1 is 1.21 bits per heavy atom. The van der Waals surface area contributed by atoms with Crippen LogP contribution in [0.5, 0.6) is 5.75 Å². The van der Waals surface area contributed by atoms with Gasteiger partial charge in [-0.2, -0.15) is 13.2 Å². The molecule has 12 heteroatoms. The molecule has 5 rings (SSSR count). The summed E-state index contributed by atoms with van der Waals surface area (Å²) in [6, 6.07) is 4.55. The van der Waals surface area contributed by atoms with E-state index >= 15 is 0 Å². The fourth-order valence-corrected chi connectivity index (χ4v) is 4.62. The average molecular weight is 527 g/mol. The molecule has 0 saturated heterocycles. The molecule has 3 aromatic heterocycles. The van der Waals surface area contributed by atoms with Crippen molar-refractivity contribution in [3.05, 3.63) is 65.7 Å². The van der Waals surface area contributed by atoms with E-state index in [1.54, 1.807) is 31.6 Å². The van der Waals surface area contributed by atoms with Gasteiger partial charge in [-0.3, -0.25) is 14.8 Å². The Kier molecular flexibility index (Phi) is 6.74. The highest BCUT2D eigenvalue weighted by Gasteiger charge is 2.34. The number of amides is 1. The summed E-state index contributed by atoms with van der Waals surface area (Å²) in [4.78, 5) is 29.7. The fourth-order valence-electron chi connectivity index (χ4n) is 4.62. The number of aromatic nitrogens is 4. The predicted octanol–water partition coefficient (Wildman–Crippen LogP) is 4.48. The van der Waals surface area contributed by atoms with E-state index in [0.717, 1.165) is 31.0 Å². The molecule has 1 aliphatic carbocycles. The van der Waals surface area contributed by atoms with E-state index in [1.807, 2.05) is 0 Å². The van der Waals surface area contributed by atoms with Crippen molar-refractivity contribution in [3.8, 4) is 17.2 Å². The summed E-state index contributed by atoms with van der Waals surface area (Å²) in [7, 11) is 1.34. The van der Waals surface area contributed by atoms with E-state index in [1.165, 1.54) is 19.2 Å². The number of carbonyl (C=O) groups is 1. The van der Waals surface area contributed by atoms with Crippen LogP contribution in [0.3, 0.4) is 0 Å². The van der Waals surface area contributed by atoms with Gasteiger partial charge in [0.05, 0.1) is 18.8 Å². The van der Waals surface area contributed by atoms with Crippen LogP contribution in [0.25, 0.3) is 22.4 Å². The molecule has 0 radical (unpaired) electrons. The summed E-state index contributed by atoms with van der Waals surface area (Å²) in [6.07, 6.45) is 2.76. The SMILES string of the molecule is COc1ccc(-c2nc(C(=O)NC3CC(Cc4cnccn4)C3)c([C@H](C)N)o2)c2ccc(C(F)(F)F)nc12. The highest BCUT2D eigenvalue weighted by molar-refractivity contribution is 5.98. The van der Waals surface area contributed by atoms with Crippen molar-refractivity contribution in [2.75, 3.05) is 7.11 Å². The number of carbonyl (C=O) groups excluding carboxylic acids is 1. The molecule has 198 valence electrons. The van der Waals surface area contributed by atoms with Crippen LogP contribution in [0.2, 0.25) is 0 Å². The van der Waals surface area contributed by atoms with Gasteiger partial charge < -0.3 is 20.2 Å². The number of pyridine rings is 1. The standard InChI is InChI=1S/C26H25F3N6O3/c1-13(30)23-22(24(36)33-15-9-14(10-15)11-16-12-31-7-8-32-16)35-25(38-23)18-3-5-19(37-2)21-17(18)4-6-20(34-21)26(27,28)29/h3-8,12-15H,9-11,30H2,1-2H3,(H,33,36)/t13-,14?,15?/m0/s1. The fraction of sp³-hybridized carbons (Fsp3) is 0.346. The summed E-state index contributed by atoms with van der Waals surface area (Å²) < 4.78 is 51.0. The number of ether oxygens (including phenoxy) is 1. The number of alkyl halides is 3. The minimum Gasteiger partial charge on any atom is -0.494 e. The van der Waals surface area contributed by atoms with E-state index in [0.29, 0.717) is 16.9 Å². The Balaban J connectivity index is 1.40. The Labute approximate surface area is 215 Å². The van der Waals surface area contributed by atoms with Gasteiger partial charge >= 0.3 is 6.18 Å². The Morgan fingerprint density at radius 2 is 2.00 bits per heavy atom. The first-order valence-corrected chi connectivity index (χ1v) is 12.0. The lowest BCUT2D eigenvalue weighted by atomic mass is 9.77. The third kappa shape index (κ3) is 5.03. The number of nitrogens with one attached hydrogen (secondary N) is 1. The van der Waals surface area contributed by atoms with Crippen LogP contribution >= 0.6 is 0 Å². The second-order valence-electron chi connectivity index (χ2n) is 9.34. The zero-order chi connectivity index (χ0) is 27.0. The van der Waals surface area contributed by atoms with E-state index in [4.69, 9.17) is 14.9 Å². The number of hydrogen-bond acceptors (Lipinski definition) is 8. The van der Waals surface area contributed by atoms with E-state index in [9.17, 15) is 18.0 Å². The molecule has 0 unspecified atom stereocenters. The van der Waals surface area contributed by atoms with Crippen molar-refractivity contribution < 1.29 is 27.1 Å². The second kappa shape index (κ2) is 10.0. The number of hydrogen-bond donors (Lipinski definition) is 2. The van der Waals surface area contributed by atoms with Gasteiger partial charge in [-0.05, 0) is 56.4 Å². The molecule has 38 heavy (non-hydrogen) atoms. The third-order valence-electron chi connectivity index (χ3n) is 6.53. The Morgan fingerprint density at radius 3 is 2.66 bits per heavy atom. The summed E-state index contributed by atoms with van der Waals surface area (Å²) in [5, 5.41) is 3.30. The summed E-state index contributed by atoms with van der Waals surface area (Å²) in [6.45, 7) is 1.66. The molecular formula is C26H25F3N6O3. The van der Waals surface area contributed by atoms with E-state index in [-0.39, 0.29) is 34.7 Å². The Hall–Kier alpha value is -4.06. The smallest absolute Gasteiger partial charge is 0.433 e. The van der Waals surface area contributed by atoms with Gasteiger partial charge in [-0.1, -0.05) is 0 Å². The van der Waals surface area contributed by atoms with Crippen LogP contribution in [-0.4, -0.2) is 39.0 Å². The molecule has 9 nitrogen and oxygen atoms in total. The summed E-state index contributed by atoms with van der Waals surface area (Å²) in [5.74, 6) is 0.346. The maximum absolute atomic E-state index is 13.3. The monoisotopic (exact) mass is 526 g/mol. The minimum absolute atomic E-state index is 0.00464. The van der Waals surface area contributed by atoms with Crippen molar-refractivity contribution in [2.45, 2.75) is 44.4 Å². The lowest BCUT2D eigenvalue weighted by Crippen LogP contribution is -2.45. The van der Waals surface area contributed by atoms with Gasteiger partial charge in [0, 0.05) is 35.6 Å². The number of nitrogens with two attached hydrogens (primary N) is 1. The minimum atomic E-state index is -4.62. The van der Waals surface area contributed by atoms with Gasteiger partial charge in [-0.15, -0.1) is 0 Å². The van der Waals surface area contributed by atoms with Gasteiger partial charge in [0.2, 0.25) is 5.89 Å². The predicted molar refractivity (Wildman–Crippen MR) is 131 cm³/mol. The van der Waals surface area contributed by atoms with Gasteiger partial charge in [0.1, 0.15) is 17.0 Å². The molecule has 0 spiro atoms. The first kappa shape index (κ1) is 25.6. The lowest BCUT2D eigenvalue weighted by molar-refractivity contribution is -0.140. The van der Waals surface area contributed by atoms with Gasteiger partial charge in [0.25, 0.3) is 5.91 Å². The zero-order valence-corrected chi connectivity index (χ0v) is 20.6. The molecule has 1 aromatic carbocycles. The molecule has 3 N–H and O–H groups in total. The number of benzene rings is 1. The van der Waals surface area contributed by atoms with Crippen molar-refractivity contribution in [3.63, 3.8) is 0 Å². The van der Waals surface area contributed by atoms with Crippen LogP contribution in [-0.2, 0) is 12.6 Å². The highest BCUT2D eigenvalue weighted by atomic mass is 19.4. The van der Waals surface area contributed by atoms with Crippen LogP contribution in [0.4, 0.5) is 13.2 Å². The number of halogens is 3. The van der Waals surface area contributed by atoms with Crippen LogP contribution in [0, 0.1) is 5.92 Å². The molecule has 1 amide bonds. The van der Waals surface area contributed by atoms with Crippen molar-refractivity contribution in [1.82, 2.24) is 25.3 Å². The Bertz CT molecular complexity index is 1470. The first-order valence-electron chi connectivity index (χ1n) is 12.0. The number of oxazole rings is 1. The zero-order valence-electron chi connectivity index (χ0n) is 20.6. The maximum Gasteiger partial charge on any atom is 0.433 e. The van der Waals surface area contributed by atoms with Crippen molar-refractivity contribution in [2.24, 2.45) is 11.7 Å². The topological polar surface area (TPSA) is 129 Å². The lowest BCUT2D eigenvalue weighted by Gasteiger charge is -2.35. The molecule has 1 saturated carbocycles. The van der Waals surface area contributed by atoms with Crippen molar-refractivity contribution >= 4 is 16.8 Å². The van der Waals surface area contributed by atoms with E-state index in [2.05, 4.69) is 25.3 Å². The van der Waals surface area contributed by atoms with Crippen LogP contribution in [0.15, 0.2) is 47.3 Å². The van der Waals surface area contributed by atoms with Crippen LogP contribution in [0.1, 0.15) is 53.4 Å². The molecule has 1 fully saturated rings. The van der Waals surface area contributed by atoms with Crippen molar-refractivity contribution in [1.29, 1.82) is 0 Å². The first-order chi connectivity index (χ1) is 18.1. The number of methoxy groups -OCH3 is 1. The quantitative estimate of drug-likeness (QED) is 0.361. The average Bonchev–Trinajstić information content (AvgIpc) is 3.32. The van der Waals surface area contributed by atoms with Gasteiger partial charge in [0.15, 0.2) is 11.5 Å². The van der Waals surface area contributed by atoms with E-state index < -0.39 is 23.8 Å². The molecular weight excluding hydrogens is 501 g/mol.